The normalized spacial score (nSPS) is 19.8. The lowest BCUT2D eigenvalue weighted by atomic mass is 9.78. The van der Waals surface area contributed by atoms with E-state index in [2.05, 4.69) is 4.72 Å². The first-order chi connectivity index (χ1) is 7.46. The van der Waals surface area contributed by atoms with Crippen LogP contribution in [-0.2, 0) is 10.2 Å². The summed E-state index contributed by atoms with van der Waals surface area (Å²) in [6, 6.07) is 0. The molecule has 16 heavy (non-hydrogen) atoms. The summed E-state index contributed by atoms with van der Waals surface area (Å²) in [6.07, 6.45) is 4.24. The molecular weight excluding hydrogens is 228 g/mol. The molecule has 0 saturated heterocycles. The Hall–Kier alpha value is -0.170. The maximum absolute atomic E-state index is 11.9. The van der Waals surface area contributed by atoms with Crippen LogP contribution in [0.5, 0.6) is 0 Å². The van der Waals surface area contributed by atoms with Crippen molar-refractivity contribution in [2.75, 3.05) is 20.2 Å². The van der Waals surface area contributed by atoms with Crippen molar-refractivity contribution in [2.45, 2.75) is 44.6 Å². The lowest BCUT2D eigenvalue weighted by Crippen LogP contribution is -2.58. The van der Waals surface area contributed by atoms with Gasteiger partial charge in [0, 0.05) is 13.6 Å². The number of nitrogens with zero attached hydrogens (tertiary/aromatic N) is 1. The molecule has 0 aliphatic heterocycles. The molecule has 0 aromatic carbocycles. The Morgan fingerprint density at radius 1 is 1.44 bits per heavy atom. The highest BCUT2D eigenvalue weighted by atomic mass is 32.2. The molecule has 0 radical (unpaired) electrons. The SMILES string of the molecule is CCCCN(C)S(=O)(=O)NC1(CO)CCC1. The second-order valence-electron chi connectivity index (χ2n) is 4.57. The highest BCUT2D eigenvalue weighted by Crippen LogP contribution is 2.32. The third-order valence-corrected chi connectivity index (χ3v) is 4.89. The number of aliphatic hydroxyl groups is 1. The quantitative estimate of drug-likeness (QED) is 0.690. The largest absolute Gasteiger partial charge is 0.394 e. The van der Waals surface area contributed by atoms with Crippen LogP contribution in [0.3, 0.4) is 0 Å². The zero-order valence-electron chi connectivity index (χ0n) is 10.1. The average Bonchev–Trinajstić information content (AvgIpc) is 2.20. The first-order valence-corrected chi connectivity index (χ1v) is 7.26. The lowest BCUT2D eigenvalue weighted by Gasteiger charge is -2.41. The van der Waals surface area contributed by atoms with E-state index in [4.69, 9.17) is 0 Å². The molecule has 0 bridgehead atoms. The predicted octanol–water partition coefficient (Wildman–Crippen LogP) is 0.468. The third-order valence-electron chi connectivity index (χ3n) is 3.20. The predicted molar refractivity (Wildman–Crippen MR) is 63.3 cm³/mol. The second-order valence-corrected chi connectivity index (χ2v) is 6.35. The van der Waals surface area contributed by atoms with E-state index in [1.807, 2.05) is 6.92 Å². The molecular formula is C10H22N2O3S. The minimum atomic E-state index is -3.44. The van der Waals surface area contributed by atoms with Crippen molar-refractivity contribution in [2.24, 2.45) is 0 Å². The fourth-order valence-corrected chi connectivity index (χ4v) is 3.09. The van der Waals surface area contributed by atoms with Gasteiger partial charge in [-0.2, -0.15) is 17.4 Å². The van der Waals surface area contributed by atoms with E-state index in [0.29, 0.717) is 6.54 Å². The number of nitrogens with one attached hydrogen (secondary N) is 1. The highest BCUT2D eigenvalue weighted by molar-refractivity contribution is 7.87. The Morgan fingerprint density at radius 3 is 2.44 bits per heavy atom. The molecule has 2 N–H and O–H groups in total. The zero-order valence-corrected chi connectivity index (χ0v) is 10.9. The number of hydrogen-bond donors (Lipinski definition) is 2. The topological polar surface area (TPSA) is 69.6 Å². The molecule has 0 amide bonds. The summed E-state index contributed by atoms with van der Waals surface area (Å²) < 4.78 is 27.8. The van der Waals surface area contributed by atoms with E-state index < -0.39 is 15.7 Å². The minimum Gasteiger partial charge on any atom is -0.394 e. The number of hydrogen-bond acceptors (Lipinski definition) is 3. The molecule has 1 aliphatic carbocycles. The molecule has 0 atom stereocenters. The number of aliphatic hydroxyl groups excluding tert-OH is 1. The van der Waals surface area contributed by atoms with Crippen LogP contribution < -0.4 is 4.72 Å². The van der Waals surface area contributed by atoms with Crippen LogP contribution >= 0.6 is 0 Å². The van der Waals surface area contributed by atoms with Crippen LogP contribution in [0.25, 0.3) is 0 Å². The fourth-order valence-electron chi connectivity index (χ4n) is 1.75. The maximum Gasteiger partial charge on any atom is 0.279 e. The summed E-state index contributed by atoms with van der Waals surface area (Å²) in [5.41, 5.74) is -0.598. The molecule has 6 heteroatoms. The van der Waals surface area contributed by atoms with E-state index in [0.717, 1.165) is 32.1 Å². The van der Waals surface area contributed by atoms with Gasteiger partial charge >= 0.3 is 0 Å². The molecule has 1 rings (SSSR count). The van der Waals surface area contributed by atoms with Gasteiger partial charge in [-0.1, -0.05) is 13.3 Å². The summed E-state index contributed by atoms with van der Waals surface area (Å²) >= 11 is 0. The summed E-state index contributed by atoms with van der Waals surface area (Å²) in [6.45, 7) is 2.43. The summed E-state index contributed by atoms with van der Waals surface area (Å²) in [5.74, 6) is 0. The fraction of sp³-hybridized carbons (Fsp3) is 1.00. The Morgan fingerprint density at radius 2 is 2.06 bits per heavy atom. The van der Waals surface area contributed by atoms with Crippen LogP contribution in [0.4, 0.5) is 0 Å². The third kappa shape index (κ3) is 3.16. The van der Waals surface area contributed by atoms with E-state index in [-0.39, 0.29) is 6.61 Å². The summed E-state index contributed by atoms with van der Waals surface area (Å²) in [5, 5.41) is 9.21. The van der Waals surface area contributed by atoms with Gasteiger partial charge in [-0.15, -0.1) is 0 Å². The van der Waals surface area contributed by atoms with Crippen molar-refractivity contribution in [3.05, 3.63) is 0 Å². The van der Waals surface area contributed by atoms with Crippen LogP contribution in [0.2, 0.25) is 0 Å². The van der Waals surface area contributed by atoms with Gasteiger partial charge in [-0.05, 0) is 25.7 Å². The highest BCUT2D eigenvalue weighted by Gasteiger charge is 2.40. The minimum absolute atomic E-state index is 0.117. The van der Waals surface area contributed by atoms with Crippen molar-refractivity contribution >= 4 is 10.2 Å². The van der Waals surface area contributed by atoms with Crippen molar-refractivity contribution in [1.82, 2.24) is 9.03 Å². The first-order valence-electron chi connectivity index (χ1n) is 5.82. The van der Waals surface area contributed by atoms with Crippen LogP contribution in [0.15, 0.2) is 0 Å². The molecule has 5 nitrogen and oxygen atoms in total. The lowest BCUT2D eigenvalue weighted by molar-refractivity contribution is 0.109. The van der Waals surface area contributed by atoms with Crippen molar-refractivity contribution < 1.29 is 13.5 Å². The van der Waals surface area contributed by atoms with Crippen LogP contribution in [-0.4, -0.2) is 43.6 Å². The number of unbranched alkanes of at least 4 members (excludes halogenated alkanes) is 1. The molecule has 96 valence electrons. The second kappa shape index (κ2) is 5.44. The van der Waals surface area contributed by atoms with Crippen molar-refractivity contribution in [3.8, 4) is 0 Å². The number of rotatable bonds is 7. The zero-order chi connectivity index (χ0) is 12.2. The monoisotopic (exact) mass is 250 g/mol. The van der Waals surface area contributed by atoms with Crippen LogP contribution in [0.1, 0.15) is 39.0 Å². The Balaban J connectivity index is 2.56. The van der Waals surface area contributed by atoms with Gasteiger partial charge < -0.3 is 5.11 Å². The van der Waals surface area contributed by atoms with Gasteiger partial charge in [-0.3, -0.25) is 0 Å². The first kappa shape index (κ1) is 13.9. The van der Waals surface area contributed by atoms with Crippen LogP contribution in [0, 0.1) is 0 Å². The van der Waals surface area contributed by atoms with Gasteiger partial charge in [0.05, 0.1) is 12.1 Å². The molecule has 1 aliphatic rings. The van der Waals surface area contributed by atoms with Crippen molar-refractivity contribution in [3.63, 3.8) is 0 Å². The average molecular weight is 250 g/mol. The van der Waals surface area contributed by atoms with E-state index in [9.17, 15) is 13.5 Å². The molecule has 1 saturated carbocycles. The molecule has 0 aromatic rings. The van der Waals surface area contributed by atoms with Gasteiger partial charge in [-0.25, -0.2) is 0 Å². The van der Waals surface area contributed by atoms with E-state index >= 15 is 0 Å². The van der Waals surface area contributed by atoms with Gasteiger partial charge in [0.1, 0.15) is 0 Å². The maximum atomic E-state index is 11.9. The Kier molecular flexibility index (Phi) is 4.73. The summed E-state index contributed by atoms with van der Waals surface area (Å²) in [7, 11) is -1.87. The summed E-state index contributed by atoms with van der Waals surface area (Å²) in [4.78, 5) is 0. The smallest absolute Gasteiger partial charge is 0.279 e. The van der Waals surface area contributed by atoms with Crippen molar-refractivity contribution in [1.29, 1.82) is 0 Å². The van der Waals surface area contributed by atoms with Gasteiger partial charge in [0.2, 0.25) is 0 Å². The molecule has 0 unspecified atom stereocenters. The van der Waals surface area contributed by atoms with Gasteiger partial charge in [0.25, 0.3) is 10.2 Å². The standard InChI is InChI=1S/C10H22N2O3S/c1-3-4-8-12(2)16(14,15)11-10(9-13)6-5-7-10/h11,13H,3-9H2,1-2H3. The Labute approximate surface area is 98.0 Å². The van der Waals surface area contributed by atoms with E-state index in [1.165, 1.54) is 4.31 Å². The molecule has 0 aromatic heterocycles. The Bertz CT molecular complexity index is 307. The molecule has 0 spiro atoms. The van der Waals surface area contributed by atoms with Gasteiger partial charge in [0.15, 0.2) is 0 Å². The van der Waals surface area contributed by atoms with E-state index in [1.54, 1.807) is 7.05 Å². The molecule has 1 fully saturated rings. The molecule has 0 heterocycles.